The molecule has 0 aromatic heterocycles. The number of aliphatic hydroxyl groups is 1. The number of piperazine rings is 1. The zero-order chi connectivity index (χ0) is 14.0. The SMILES string of the molecule is CCc1ccc(N2CC(C)(C)N(C)CC2CO)cc1. The number of aliphatic hydroxyl groups excluding tert-OH is 1. The van der Waals surface area contributed by atoms with E-state index in [2.05, 4.69) is 61.9 Å². The van der Waals surface area contributed by atoms with Gasteiger partial charge < -0.3 is 10.0 Å². The predicted molar refractivity (Wildman–Crippen MR) is 80.7 cm³/mol. The number of benzene rings is 1. The molecule has 1 saturated heterocycles. The number of hydrogen-bond donors (Lipinski definition) is 1. The molecule has 1 aliphatic heterocycles. The highest BCUT2D eigenvalue weighted by molar-refractivity contribution is 5.50. The zero-order valence-corrected chi connectivity index (χ0v) is 12.6. The van der Waals surface area contributed by atoms with Gasteiger partial charge in [0.25, 0.3) is 0 Å². The van der Waals surface area contributed by atoms with E-state index in [1.54, 1.807) is 0 Å². The molecule has 0 radical (unpaired) electrons. The molecule has 106 valence electrons. The normalized spacial score (nSPS) is 23.6. The number of likely N-dealkylation sites (N-methyl/N-ethyl adjacent to an activating group) is 1. The Morgan fingerprint density at radius 3 is 2.42 bits per heavy atom. The van der Waals surface area contributed by atoms with Crippen molar-refractivity contribution in [2.45, 2.75) is 38.8 Å². The number of hydrogen-bond acceptors (Lipinski definition) is 3. The first-order valence-electron chi connectivity index (χ1n) is 7.15. The van der Waals surface area contributed by atoms with Crippen LogP contribution in [0.15, 0.2) is 24.3 Å². The van der Waals surface area contributed by atoms with Crippen LogP contribution in [0.3, 0.4) is 0 Å². The minimum atomic E-state index is 0.134. The van der Waals surface area contributed by atoms with E-state index in [4.69, 9.17) is 0 Å². The van der Waals surface area contributed by atoms with Crippen molar-refractivity contribution >= 4 is 5.69 Å². The van der Waals surface area contributed by atoms with Crippen molar-refractivity contribution < 1.29 is 5.11 Å². The van der Waals surface area contributed by atoms with E-state index in [9.17, 15) is 5.11 Å². The fourth-order valence-electron chi connectivity index (χ4n) is 2.71. The third-order valence-corrected chi connectivity index (χ3v) is 4.40. The van der Waals surface area contributed by atoms with E-state index in [1.807, 2.05) is 0 Å². The first kappa shape index (κ1) is 14.4. The largest absolute Gasteiger partial charge is 0.394 e. The smallest absolute Gasteiger partial charge is 0.0648 e. The number of aryl methyl sites for hydroxylation is 1. The first-order valence-corrected chi connectivity index (χ1v) is 7.15. The van der Waals surface area contributed by atoms with Crippen LogP contribution in [-0.2, 0) is 6.42 Å². The molecule has 0 aliphatic carbocycles. The van der Waals surface area contributed by atoms with Gasteiger partial charge in [0, 0.05) is 24.3 Å². The summed E-state index contributed by atoms with van der Waals surface area (Å²) in [6.45, 7) is 8.74. The van der Waals surface area contributed by atoms with E-state index in [-0.39, 0.29) is 18.2 Å². The van der Waals surface area contributed by atoms with E-state index in [0.29, 0.717) is 0 Å². The maximum Gasteiger partial charge on any atom is 0.0648 e. The molecule has 1 N–H and O–H groups in total. The highest BCUT2D eigenvalue weighted by Gasteiger charge is 2.36. The lowest BCUT2D eigenvalue weighted by Gasteiger charge is -2.50. The van der Waals surface area contributed by atoms with Gasteiger partial charge in [-0.15, -0.1) is 0 Å². The summed E-state index contributed by atoms with van der Waals surface area (Å²) < 4.78 is 0. The van der Waals surface area contributed by atoms with Gasteiger partial charge in [-0.2, -0.15) is 0 Å². The fraction of sp³-hybridized carbons (Fsp3) is 0.625. The lowest BCUT2D eigenvalue weighted by atomic mass is 9.95. The van der Waals surface area contributed by atoms with E-state index in [0.717, 1.165) is 19.5 Å². The van der Waals surface area contributed by atoms with Gasteiger partial charge >= 0.3 is 0 Å². The molecule has 19 heavy (non-hydrogen) atoms. The summed E-state index contributed by atoms with van der Waals surface area (Å²) in [5.74, 6) is 0. The lowest BCUT2D eigenvalue weighted by Crippen LogP contribution is -2.63. The fourth-order valence-corrected chi connectivity index (χ4v) is 2.71. The van der Waals surface area contributed by atoms with Gasteiger partial charge in [-0.25, -0.2) is 0 Å². The van der Waals surface area contributed by atoms with Crippen molar-refractivity contribution in [3.05, 3.63) is 29.8 Å². The Kier molecular flexibility index (Phi) is 4.16. The monoisotopic (exact) mass is 262 g/mol. The molecule has 1 aromatic carbocycles. The Hall–Kier alpha value is -1.06. The van der Waals surface area contributed by atoms with Gasteiger partial charge in [0.2, 0.25) is 0 Å². The van der Waals surface area contributed by atoms with Crippen molar-refractivity contribution in [3.63, 3.8) is 0 Å². The third-order valence-electron chi connectivity index (χ3n) is 4.40. The summed E-state index contributed by atoms with van der Waals surface area (Å²) in [6.07, 6.45) is 1.07. The number of anilines is 1. The molecule has 1 fully saturated rings. The van der Waals surface area contributed by atoms with Gasteiger partial charge in [-0.05, 0) is 45.0 Å². The second-order valence-electron chi connectivity index (χ2n) is 6.18. The van der Waals surface area contributed by atoms with Crippen LogP contribution in [0.4, 0.5) is 5.69 Å². The molecule has 0 bridgehead atoms. The molecule has 3 heteroatoms. The Bertz CT molecular complexity index is 413. The molecule has 1 atom stereocenters. The van der Waals surface area contributed by atoms with Crippen LogP contribution in [0, 0.1) is 0 Å². The van der Waals surface area contributed by atoms with Gasteiger partial charge in [0.15, 0.2) is 0 Å². The van der Waals surface area contributed by atoms with Crippen LogP contribution in [0.2, 0.25) is 0 Å². The van der Waals surface area contributed by atoms with Crippen molar-refractivity contribution in [2.24, 2.45) is 0 Å². The van der Waals surface area contributed by atoms with Crippen LogP contribution in [0.1, 0.15) is 26.3 Å². The summed E-state index contributed by atoms with van der Waals surface area (Å²) in [7, 11) is 2.14. The topological polar surface area (TPSA) is 26.7 Å². The average molecular weight is 262 g/mol. The number of nitrogens with zero attached hydrogens (tertiary/aromatic N) is 2. The van der Waals surface area contributed by atoms with Crippen LogP contribution in [0.25, 0.3) is 0 Å². The lowest BCUT2D eigenvalue weighted by molar-refractivity contribution is 0.0932. The maximum absolute atomic E-state index is 9.64. The van der Waals surface area contributed by atoms with Gasteiger partial charge in [-0.3, -0.25) is 4.90 Å². The third kappa shape index (κ3) is 2.93. The zero-order valence-electron chi connectivity index (χ0n) is 12.6. The molecule has 2 rings (SSSR count). The molecule has 0 amide bonds. The van der Waals surface area contributed by atoms with Gasteiger partial charge in [0.1, 0.15) is 0 Å². The number of rotatable bonds is 3. The maximum atomic E-state index is 9.64. The molecular weight excluding hydrogens is 236 g/mol. The quantitative estimate of drug-likeness (QED) is 0.904. The second-order valence-corrected chi connectivity index (χ2v) is 6.18. The Morgan fingerprint density at radius 1 is 1.26 bits per heavy atom. The van der Waals surface area contributed by atoms with Crippen LogP contribution in [-0.4, -0.2) is 48.3 Å². The highest BCUT2D eigenvalue weighted by atomic mass is 16.3. The van der Waals surface area contributed by atoms with E-state index in [1.165, 1.54) is 11.3 Å². The standard InChI is InChI=1S/C16H26N2O/c1-5-13-6-8-14(9-7-13)18-12-16(2,3)17(4)10-15(18)11-19/h6-9,15,19H,5,10-12H2,1-4H3. The second kappa shape index (κ2) is 5.51. The average Bonchev–Trinajstić information content (AvgIpc) is 2.41. The molecule has 0 spiro atoms. The summed E-state index contributed by atoms with van der Waals surface area (Å²) in [6, 6.07) is 8.93. The van der Waals surface area contributed by atoms with Crippen molar-refractivity contribution in [2.75, 3.05) is 31.6 Å². The van der Waals surface area contributed by atoms with Crippen molar-refractivity contribution in [3.8, 4) is 0 Å². The van der Waals surface area contributed by atoms with Crippen molar-refractivity contribution in [1.29, 1.82) is 0 Å². The molecule has 1 heterocycles. The summed E-state index contributed by atoms with van der Waals surface area (Å²) in [5, 5.41) is 9.64. The Labute approximate surface area is 116 Å². The minimum absolute atomic E-state index is 0.134. The Balaban J connectivity index is 2.24. The van der Waals surface area contributed by atoms with Crippen LogP contribution >= 0.6 is 0 Å². The summed E-state index contributed by atoms with van der Waals surface area (Å²) >= 11 is 0. The first-order chi connectivity index (χ1) is 8.97. The van der Waals surface area contributed by atoms with Gasteiger partial charge in [-0.1, -0.05) is 19.1 Å². The molecule has 1 unspecified atom stereocenters. The molecule has 1 aromatic rings. The van der Waals surface area contributed by atoms with Crippen LogP contribution in [0.5, 0.6) is 0 Å². The van der Waals surface area contributed by atoms with E-state index >= 15 is 0 Å². The van der Waals surface area contributed by atoms with E-state index < -0.39 is 0 Å². The van der Waals surface area contributed by atoms with Gasteiger partial charge in [0.05, 0.1) is 12.6 Å². The predicted octanol–water partition coefficient (Wildman–Crippen LogP) is 2.14. The molecule has 1 aliphatic rings. The summed E-state index contributed by atoms with van der Waals surface area (Å²) in [5.41, 5.74) is 2.71. The molecule has 3 nitrogen and oxygen atoms in total. The molecule has 0 saturated carbocycles. The van der Waals surface area contributed by atoms with Crippen LogP contribution < -0.4 is 4.90 Å². The minimum Gasteiger partial charge on any atom is -0.394 e. The van der Waals surface area contributed by atoms with Crippen molar-refractivity contribution in [1.82, 2.24) is 4.90 Å². The Morgan fingerprint density at radius 2 is 1.89 bits per heavy atom. The molecular formula is C16H26N2O. The highest BCUT2D eigenvalue weighted by Crippen LogP contribution is 2.28. The summed E-state index contributed by atoms with van der Waals surface area (Å²) in [4.78, 5) is 4.68.